The van der Waals surface area contributed by atoms with Crippen LogP contribution in [-0.2, 0) is 0 Å². The van der Waals surface area contributed by atoms with Gasteiger partial charge in [0.1, 0.15) is 0 Å². The van der Waals surface area contributed by atoms with Crippen LogP contribution in [0.15, 0.2) is 4.99 Å². The Hall–Kier alpha value is -0.0800. The highest BCUT2D eigenvalue weighted by Gasteiger charge is 2.32. The van der Waals surface area contributed by atoms with Gasteiger partial charge in [-0.25, -0.2) is 0 Å². The molecule has 1 saturated heterocycles. The van der Waals surface area contributed by atoms with E-state index in [4.69, 9.17) is 0 Å². The number of halogens is 1. The molecule has 1 aliphatic heterocycles. The number of hydrogen-bond donors (Lipinski definition) is 2. The van der Waals surface area contributed by atoms with Crippen molar-refractivity contribution in [3.05, 3.63) is 0 Å². The van der Waals surface area contributed by atoms with Crippen molar-refractivity contribution in [1.29, 1.82) is 0 Å². The maximum absolute atomic E-state index is 4.36. The smallest absolute Gasteiger partial charge is 0.191 e. The van der Waals surface area contributed by atoms with Gasteiger partial charge in [0.05, 0.1) is 0 Å². The van der Waals surface area contributed by atoms with E-state index in [-0.39, 0.29) is 24.0 Å². The van der Waals surface area contributed by atoms with Crippen LogP contribution >= 0.6 is 24.0 Å². The molecular weight excluding hydrogens is 413 g/mol. The monoisotopic (exact) mass is 451 g/mol. The van der Waals surface area contributed by atoms with Gasteiger partial charge in [0.2, 0.25) is 0 Å². The average Bonchev–Trinajstić information content (AvgIpc) is 3.35. The van der Waals surface area contributed by atoms with Gasteiger partial charge >= 0.3 is 0 Å². The fourth-order valence-electron chi connectivity index (χ4n) is 3.65. The molecule has 142 valence electrons. The number of hydrogen-bond acceptors (Lipinski definition) is 3. The molecule has 1 aliphatic carbocycles. The summed E-state index contributed by atoms with van der Waals surface area (Å²) >= 11 is 0. The molecule has 1 heterocycles. The Kier molecular flexibility index (Phi) is 10.5. The normalized spacial score (nSPS) is 23.7. The molecule has 5 nitrogen and oxygen atoms in total. The molecule has 0 aromatic rings. The molecule has 0 aromatic heterocycles. The van der Waals surface area contributed by atoms with Crippen LogP contribution in [0, 0.1) is 5.92 Å². The van der Waals surface area contributed by atoms with Crippen molar-refractivity contribution in [2.24, 2.45) is 10.9 Å². The summed E-state index contributed by atoms with van der Waals surface area (Å²) in [7, 11) is 6.23. The summed E-state index contributed by atoms with van der Waals surface area (Å²) in [5, 5.41) is 6.97. The van der Waals surface area contributed by atoms with Gasteiger partial charge in [-0.3, -0.25) is 4.99 Å². The van der Waals surface area contributed by atoms with E-state index in [0.717, 1.165) is 31.0 Å². The molecule has 6 heteroatoms. The predicted molar refractivity (Wildman–Crippen MR) is 114 cm³/mol. The van der Waals surface area contributed by atoms with Crippen LogP contribution in [-0.4, -0.2) is 75.2 Å². The number of rotatable bonds is 8. The van der Waals surface area contributed by atoms with Gasteiger partial charge in [0.15, 0.2) is 5.96 Å². The minimum absolute atomic E-state index is 0. The Morgan fingerprint density at radius 1 is 1.21 bits per heavy atom. The zero-order valence-corrected chi connectivity index (χ0v) is 18.4. The van der Waals surface area contributed by atoms with E-state index in [2.05, 4.69) is 46.4 Å². The Morgan fingerprint density at radius 3 is 2.54 bits per heavy atom. The number of likely N-dealkylation sites (N-methyl/N-ethyl adjacent to an activating group) is 1. The maximum Gasteiger partial charge on any atom is 0.191 e. The van der Waals surface area contributed by atoms with Crippen molar-refractivity contribution in [2.45, 2.75) is 57.5 Å². The molecule has 2 rings (SSSR count). The lowest BCUT2D eigenvalue weighted by Crippen LogP contribution is -2.46. The molecule has 0 spiro atoms. The van der Waals surface area contributed by atoms with E-state index in [1.165, 1.54) is 51.6 Å². The van der Waals surface area contributed by atoms with E-state index in [0.29, 0.717) is 6.04 Å². The standard InChI is InChI=1S/C18H37N5.HI/c1-15-8-5-6-12-23(15)13-7-11-20-18(19-2)21-14-17(22(3)4)16-9-10-16;/h15-17H,5-14H2,1-4H3,(H2,19,20,21);1H. The zero-order chi connectivity index (χ0) is 16.7. The van der Waals surface area contributed by atoms with Gasteiger partial charge in [-0.05, 0) is 65.6 Å². The van der Waals surface area contributed by atoms with Crippen LogP contribution < -0.4 is 10.6 Å². The van der Waals surface area contributed by atoms with Crippen LogP contribution in [0.4, 0.5) is 0 Å². The van der Waals surface area contributed by atoms with E-state index < -0.39 is 0 Å². The Balaban J connectivity index is 0.00000288. The lowest BCUT2D eigenvalue weighted by Gasteiger charge is -2.33. The van der Waals surface area contributed by atoms with Gasteiger partial charge in [0, 0.05) is 38.8 Å². The third-order valence-corrected chi connectivity index (χ3v) is 5.39. The second-order valence-electron chi connectivity index (χ2n) is 7.48. The van der Waals surface area contributed by atoms with E-state index >= 15 is 0 Å². The number of nitrogens with zero attached hydrogens (tertiary/aromatic N) is 3. The minimum atomic E-state index is 0. The van der Waals surface area contributed by atoms with Crippen molar-refractivity contribution >= 4 is 29.9 Å². The first-order chi connectivity index (χ1) is 11.1. The quantitative estimate of drug-likeness (QED) is 0.258. The third-order valence-electron chi connectivity index (χ3n) is 5.39. The molecule has 0 amide bonds. The van der Waals surface area contributed by atoms with Crippen molar-refractivity contribution < 1.29 is 0 Å². The Morgan fingerprint density at radius 2 is 1.96 bits per heavy atom. The van der Waals surface area contributed by atoms with Crippen LogP contribution in [0.25, 0.3) is 0 Å². The maximum atomic E-state index is 4.36. The highest BCUT2D eigenvalue weighted by molar-refractivity contribution is 14.0. The lowest BCUT2D eigenvalue weighted by atomic mass is 10.0. The average molecular weight is 451 g/mol. The molecule has 24 heavy (non-hydrogen) atoms. The van der Waals surface area contributed by atoms with E-state index in [1.54, 1.807) is 0 Å². The second-order valence-corrected chi connectivity index (χ2v) is 7.48. The first-order valence-corrected chi connectivity index (χ1v) is 9.46. The molecule has 0 bridgehead atoms. The summed E-state index contributed by atoms with van der Waals surface area (Å²) in [4.78, 5) is 9.34. The molecule has 2 N–H and O–H groups in total. The predicted octanol–water partition coefficient (Wildman–Crippen LogP) is 2.37. The van der Waals surface area contributed by atoms with Crippen molar-refractivity contribution in [2.75, 3.05) is 47.3 Å². The lowest BCUT2D eigenvalue weighted by molar-refractivity contribution is 0.159. The van der Waals surface area contributed by atoms with Crippen molar-refractivity contribution in [3.63, 3.8) is 0 Å². The molecule has 2 aliphatic rings. The molecule has 2 atom stereocenters. The number of nitrogens with one attached hydrogen (secondary N) is 2. The van der Waals surface area contributed by atoms with Crippen LogP contribution in [0.5, 0.6) is 0 Å². The van der Waals surface area contributed by atoms with Crippen molar-refractivity contribution in [1.82, 2.24) is 20.4 Å². The molecule has 0 aromatic carbocycles. The highest BCUT2D eigenvalue weighted by atomic mass is 127. The zero-order valence-electron chi connectivity index (χ0n) is 16.1. The first-order valence-electron chi connectivity index (χ1n) is 9.46. The van der Waals surface area contributed by atoms with Crippen LogP contribution in [0.1, 0.15) is 45.4 Å². The first kappa shape index (κ1) is 22.0. The Labute approximate surface area is 166 Å². The number of aliphatic imine (C=N–C) groups is 1. The molecule has 2 unspecified atom stereocenters. The summed E-state index contributed by atoms with van der Waals surface area (Å²) in [6, 6.07) is 1.39. The molecule has 0 radical (unpaired) electrons. The molecular formula is C18H38IN5. The summed E-state index contributed by atoms with van der Waals surface area (Å²) in [6.07, 6.45) is 8.08. The van der Waals surface area contributed by atoms with Gasteiger partial charge in [-0.2, -0.15) is 0 Å². The SMILES string of the molecule is CN=C(NCCCN1CCCCC1C)NCC(C1CC1)N(C)C.I. The summed E-state index contributed by atoms with van der Waals surface area (Å²) in [5.74, 6) is 1.82. The minimum Gasteiger partial charge on any atom is -0.356 e. The number of guanidine groups is 1. The topological polar surface area (TPSA) is 42.9 Å². The van der Waals surface area contributed by atoms with Gasteiger partial charge < -0.3 is 20.4 Å². The molecule has 1 saturated carbocycles. The van der Waals surface area contributed by atoms with Gasteiger partial charge in [0.25, 0.3) is 0 Å². The number of piperidine rings is 1. The number of likely N-dealkylation sites (tertiary alicyclic amines) is 1. The van der Waals surface area contributed by atoms with Crippen molar-refractivity contribution in [3.8, 4) is 0 Å². The third kappa shape index (κ3) is 7.44. The highest BCUT2D eigenvalue weighted by Crippen LogP contribution is 2.34. The van der Waals surface area contributed by atoms with E-state index in [9.17, 15) is 0 Å². The van der Waals surface area contributed by atoms with E-state index in [1.807, 2.05) is 7.05 Å². The summed E-state index contributed by atoms with van der Waals surface area (Å²) in [6.45, 7) is 6.83. The van der Waals surface area contributed by atoms with Crippen LogP contribution in [0.3, 0.4) is 0 Å². The largest absolute Gasteiger partial charge is 0.356 e. The summed E-state index contributed by atoms with van der Waals surface area (Å²) < 4.78 is 0. The second kappa shape index (κ2) is 11.5. The summed E-state index contributed by atoms with van der Waals surface area (Å²) in [5.41, 5.74) is 0. The molecule has 2 fully saturated rings. The Bertz CT molecular complexity index is 368. The van der Waals surface area contributed by atoms with Gasteiger partial charge in [-0.1, -0.05) is 6.42 Å². The fourth-order valence-corrected chi connectivity index (χ4v) is 3.65. The fraction of sp³-hybridized carbons (Fsp3) is 0.944. The van der Waals surface area contributed by atoms with Crippen LogP contribution in [0.2, 0.25) is 0 Å². The van der Waals surface area contributed by atoms with Gasteiger partial charge in [-0.15, -0.1) is 24.0 Å².